The summed E-state index contributed by atoms with van der Waals surface area (Å²) >= 11 is 0. The van der Waals surface area contributed by atoms with Gasteiger partial charge in [-0.05, 0) is 50.3 Å². The highest BCUT2D eigenvalue weighted by Gasteiger charge is 2.22. The van der Waals surface area contributed by atoms with Crippen LogP contribution in [0.5, 0.6) is 5.75 Å². The van der Waals surface area contributed by atoms with Gasteiger partial charge < -0.3 is 13.6 Å². The summed E-state index contributed by atoms with van der Waals surface area (Å²) in [6.45, 7) is 8.66. The lowest BCUT2D eigenvalue weighted by atomic mass is 10.1. The number of aromatic nitrogens is 1. The molecule has 0 saturated heterocycles. The van der Waals surface area contributed by atoms with Gasteiger partial charge in [-0.2, -0.15) is 5.26 Å². The van der Waals surface area contributed by atoms with Gasteiger partial charge in [-0.3, -0.25) is 0 Å². The lowest BCUT2D eigenvalue weighted by Crippen LogP contribution is -2.32. The normalized spacial score (nSPS) is 12.4. The zero-order chi connectivity index (χ0) is 21.6. The van der Waals surface area contributed by atoms with Gasteiger partial charge in [-0.15, -0.1) is 0 Å². The molecule has 0 aliphatic carbocycles. The van der Waals surface area contributed by atoms with Crippen molar-refractivity contribution < 1.29 is 13.6 Å². The lowest BCUT2D eigenvalue weighted by molar-refractivity contribution is 0.245. The first kappa shape index (κ1) is 21.8. The first-order valence-electron chi connectivity index (χ1n) is 10.2. The largest absolute Gasteiger partial charge is 0.493 e. The maximum absolute atomic E-state index is 9.48. The number of aryl methyl sites for hydroxylation is 1. The van der Waals surface area contributed by atoms with Crippen molar-refractivity contribution in [1.29, 1.82) is 5.26 Å². The van der Waals surface area contributed by atoms with Crippen LogP contribution in [0, 0.1) is 18.3 Å². The van der Waals surface area contributed by atoms with E-state index in [-0.39, 0.29) is 0 Å². The Labute approximate surface area is 179 Å². The van der Waals surface area contributed by atoms with E-state index in [1.165, 1.54) is 0 Å². The molecule has 156 valence electrons. The van der Waals surface area contributed by atoms with E-state index >= 15 is 0 Å². The maximum Gasteiger partial charge on any atom is 0.226 e. The summed E-state index contributed by atoms with van der Waals surface area (Å²) in [4.78, 5) is 4.63. The van der Waals surface area contributed by atoms with E-state index in [2.05, 4.69) is 30.7 Å². The van der Waals surface area contributed by atoms with Crippen molar-refractivity contribution in [3.63, 3.8) is 0 Å². The number of hydrogen-bond acceptors (Lipinski definition) is 5. The van der Waals surface area contributed by atoms with Gasteiger partial charge in [0.2, 0.25) is 5.89 Å². The Kier molecular flexibility index (Phi) is 7.09. The van der Waals surface area contributed by atoms with Gasteiger partial charge in [0.1, 0.15) is 17.6 Å². The molecule has 1 aromatic heterocycles. The minimum atomic E-state index is -1.80. The highest BCUT2D eigenvalue weighted by molar-refractivity contribution is 6.69. The fourth-order valence-electron chi connectivity index (χ4n) is 3.18. The molecule has 1 atom stereocenters. The van der Waals surface area contributed by atoms with E-state index < -0.39 is 14.4 Å². The van der Waals surface area contributed by atoms with Crippen LogP contribution in [-0.4, -0.2) is 26.0 Å². The predicted molar refractivity (Wildman–Crippen MR) is 120 cm³/mol. The molecule has 2 aromatic carbocycles. The Hall–Kier alpha value is -2.88. The van der Waals surface area contributed by atoms with E-state index in [9.17, 15) is 5.26 Å². The second-order valence-electron chi connectivity index (χ2n) is 8.15. The fraction of sp³-hybridized carbons (Fsp3) is 0.333. The minimum Gasteiger partial charge on any atom is -0.493 e. The molecule has 6 heteroatoms. The molecule has 1 heterocycles. The number of oxazole rings is 1. The molecule has 0 radical (unpaired) electrons. The molecule has 0 saturated carbocycles. The summed E-state index contributed by atoms with van der Waals surface area (Å²) in [5, 5.41) is 9.48. The number of rotatable bonds is 9. The van der Waals surface area contributed by atoms with Crippen molar-refractivity contribution in [2.75, 3.05) is 6.61 Å². The predicted octanol–water partition coefficient (Wildman–Crippen LogP) is 5.56. The fourth-order valence-corrected chi connectivity index (χ4v) is 4.16. The molecule has 3 aromatic rings. The van der Waals surface area contributed by atoms with Gasteiger partial charge in [0, 0.05) is 18.4 Å². The molecule has 0 N–H and O–H groups in total. The van der Waals surface area contributed by atoms with Crippen LogP contribution in [0.25, 0.3) is 11.5 Å². The molecule has 0 fully saturated rings. The second kappa shape index (κ2) is 9.75. The number of ether oxygens (including phenoxy) is 1. The van der Waals surface area contributed by atoms with Crippen LogP contribution in [0.2, 0.25) is 19.6 Å². The second-order valence-corrected chi connectivity index (χ2v) is 12.6. The number of nitriles is 1. The van der Waals surface area contributed by atoms with Crippen LogP contribution in [0.15, 0.2) is 59.0 Å². The van der Waals surface area contributed by atoms with Crippen LogP contribution >= 0.6 is 0 Å². The average Bonchev–Trinajstić information content (AvgIpc) is 3.09. The Balaban J connectivity index is 1.63. The van der Waals surface area contributed by atoms with Crippen molar-refractivity contribution in [3.8, 4) is 23.3 Å². The Morgan fingerprint density at radius 2 is 1.77 bits per heavy atom. The Morgan fingerprint density at radius 1 is 1.07 bits per heavy atom. The maximum atomic E-state index is 9.48. The highest BCUT2D eigenvalue weighted by Crippen LogP contribution is 2.24. The van der Waals surface area contributed by atoms with Gasteiger partial charge in [-0.1, -0.05) is 36.4 Å². The van der Waals surface area contributed by atoms with E-state index in [1.807, 2.05) is 61.5 Å². The zero-order valence-corrected chi connectivity index (χ0v) is 19.0. The van der Waals surface area contributed by atoms with Gasteiger partial charge in [0.05, 0.1) is 18.4 Å². The van der Waals surface area contributed by atoms with E-state index in [1.54, 1.807) is 0 Å². The summed E-state index contributed by atoms with van der Waals surface area (Å²) in [6.07, 6.45) is 0.689. The smallest absolute Gasteiger partial charge is 0.226 e. The van der Waals surface area contributed by atoms with E-state index in [4.69, 9.17) is 13.6 Å². The molecular weight excluding hydrogens is 392 g/mol. The van der Waals surface area contributed by atoms with Gasteiger partial charge >= 0.3 is 0 Å². The van der Waals surface area contributed by atoms with Crippen molar-refractivity contribution >= 4 is 8.32 Å². The van der Waals surface area contributed by atoms with Gasteiger partial charge in [0.25, 0.3) is 0 Å². The third kappa shape index (κ3) is 6.06. The molecule has 0 bridgehead atoms. The van der Waals surface area contributed by atoms with Crippen molar-refractivity contribution in [2.24, 2.45) is 0 Å². The number of hydrogen-bond donors (Lipinski definition) is 0. The standard InChI is InChI=1S/C24H28N2O3Si/c1-18-22(26-24(28-18)19-10-6-5-7-11-19)14-15-27-23-13-9-8-12-20(23)16-21(17-25)29-30(2,3)4/h5-13,21H,14-16H2,1-4H3. The van der Waals surface area contributed by atoms with Crippen LogP contribution < -0.4 is 4.74 Å². The monoisotopic (exact) mass is 420 g/mol. The first-order chi connectivity index (χ1) is 14.4. The third-order valence-electron chi connectivity index (χ3n) is 4.53. The SMILES string of the molecule is Cc1oc(-c2ccccc2)nc1CCOc1ccccc1CC(C#N)O[Si](C)(C)C. The van der Waals surface area contributed by atoms with Crippen LogP contribution in [0.3, 0.4) is 0 Å². The molecule has 30 heavy (non-hydrogen) atoms. The Bertz CT molecular complexity index is 1000. The molecule has 0 amide bonds. The van der Waals surface area contributed by atoms with Crippen LogP contribution in [0.4, 0.5) is 0 Å². The summed E-state index contributed by atoms with van der Waals surface area (Å²) in [5.74, 6) is 2.21. The number of benzene rings is 2. The summed E-state index contributed by atoms with van der Waals surface area (Å²) in [5.41, 5.74) is 2.83. The molecular formula is C24H28N2O3Si. The zero-order valence-electron chi connectivity index (χ0n) is 18.0. The van der Waals surface area contributed by atoms with Crippen molar-refractivity contribution in [3.05, 3.63) is 71.6 Å². The van der Waals surface area contributed by atoms with E-state index in [0.29, 0.717) is 25.3 Å². The van der Waals surface area contributed by atoms with Gasteiger partial charge in [-0.25, -0.2) is 4.98 Å². The highest BCUT2D eigenvalue weighted by atomic mass is 28.4. The average molecular weight is 421 g/mol. The van der Waals surface area contributed by atoms with Gasteiger partial charge in [0.15, 0.2) is 8.32 Å². The third-order valence-corrected chi connectivity index (χ3v) is 5.52. The first-order valence-corrected chi connectivity index (χ1v) is 13.6. The summed E-state index contributed by atoms with van der Waals surface area (Å²) < 4.78 is 17.9. The molecule has 0 aliphatic rings. The lowest BCUT2D eigenvalue weighted by Gasteiger charge is -2.22. The number of nitrogens with zero attached hydrogens (tertiary/aromatic N) is 2. The number of para-hydroxylation sites is 1. The minimum absolute atomic E-state index is 0.465. The Morgan fingerprint density at radius 3 is 2.47 bits per heavy atom. The van der Waals surface area contributed by atoms with Crippen molar-refractivity contribution in [2.45, 2.75) is 45.5 Å². The van der Waals surface area contributed by atoms with Crippen LogP contribution in [0.1, 0.15) is 17.0 Å². The molecule has 1 unspecified atom stereocenters. The summed E-state index contributed by atoms with van der Waals surface area (Å²) in [7, 11) is -1.80. The molecule has 5 nitrogen and oxygen atoms in total. The van der Waals surface area contributed by atoms with E-state index in [0.717, 1.165) is 28.3 Å². The topological polar surface area (TPSA) is 68.3 Å². The summed E-state index contributed by atoms with van der Waals surface area (Å²) in [6, 6.07) is 20.0. The van der Waals surface area contributed by atoms with Crippen molar-refractivity contribution in [1.82, 2.24) is 4.98 Å². The molecule has 0 aliphatic heterocycles. The molecule has 0 spiro atoms. The van der Waals surface area contributed by atoms with Crippen LogP contribution in [-0.2, 0) is 17.3 Å². The molecule has 3 rings (SSSR count). The quantitative estimate of drug-likeness (QED) is 0.424.